The van der Waals surface area contributed by atoms with Gasteiger partial charge >= 0.3 is 0 Å². The van der Waals surface area contributed by atoms with Crippen LogP contribution in [-0.4, -0.2) is 13.1 Å². The predicted octanol–water partition coefficient (Wildman–Crippen LogP) is 5.98. The van der Waals surface area contributed by atoms with Crippen LogP contribution in [0.2, 0.25) is 0 Å². The van der Waals surface area contributed by atoms with Crippen LogP contribution in [0.15, 0.2) is 83.3 Å². The molecule has 1 aliphatic rings. The Balaban J connectivity index is 1.47. The van der Waals surface area contributed by atoms with E-state index in [0.717, 1.165) is 19.5 Å². The summed E-state index contributed by atoms with van der Waals surface area (Å²) in [5, 5.41) is 3.74. The average Bonchev–Trinajstić information content (AvgIpc) is 2.72. The van der Waals surface area contributed by atoms with Gasteiger partial charge in [0.2, 0.25) is 0 Å². The van der Waals surface area contributed by atoms with Crippen molar-refractivity contribution in [3.63, 3.8) is 0 Å². The van der Waals surface area contributed by atoms with Crippen LogP contribution in [0.1, 0.15) is 42.9 Å². The smallest absolute Gasteiger partial charge is 0.0456 e. The second kappa shape index (κ2) is 11.1. The number of hydrogen-bond acceptors (Lipinski definition) is 3. The number of nitrogens with one attached hydrogen (secondary N) is 2. The van der Waals surface area contributed by atoms with Gasteiger partial charge in [-0.1, -0.05) is 71.8 Å². The quantitative estimate of drug-likeness (QED) is 0.393. The number of aryl methyl sites for hydroxylation is 1. The Bertz CT molecular complexity index is 735. The van der Waals surface area contributed by atoms with Crippen molar-refractivity contribution in [1.29, 1.82) is 0 Å². The van der Waals surface area contributed by atoms with E-state index < -0.39 is 0 Å². The molecule has 2 aromatic rings. The van der Waals surface area contributed by atoms with Gasteiger partial charge in [-0.2, -0.15) is 0 Å². The van der Waals surface area contributed by atoms with E-state index in [0.29, 0.717) is 6.04 Å². The summed E-state index contributed by atoms with van der Waals surface area (Å²) in [4.78, 5) is 1.25. The molecule has 2 nitrogen and oxygen atoms in total. The molecule has 1 atom stereocenters. The summed E-state index contributed by atoms with van der Waals surface area (Å²) in [7, 11) is 0. The fourth-order valence-corrected chi connectivity index (χ4v) is 3.92. The highest BCUT2D eigenvalue weighted by molar-refractivity contribution is 7.97. The fraction of sp³-hybridized carbons (Fsp3) is 0.333. The van der Waals surface area contributed by atoms with Crippen molar-refractivity contribution in [1.82, 2.24) is 10.0 Å². The molecule has 0 fully saturated rings. The number of hydrogen-bond donors (Lipinski definition) is 2. The highest BCUT2D eigenvalue weighted by atomic mass is 32.2. The third-order valence-corrected chi connectivity index (χ3v) is 5.62. The van der Waals surface area contributed by atoms with E-state index in [1.807, 2.05) is 0 Å². The van der Waals surface area contributed by atoms with E-state index in [4.69, 9.17) is 0 Å². The lowest BCUT2D eigenvalue weighted by atomic mass is 10.0. The summed E-state index contributed by atoms with van der Waals surface area (Å²) >= 11 is 1.71. The van der Waals surface area contributed by atoms with E-state index in [-0.39, 0.29) is 0 Å². The van der Waals surface area contributed by atoms with Gasteiger partial charge in [-0.3, -0.25) is 4.72 Å². The zero-order valence-electron chi connectivity index (χ0n) is 16.2. The van der Waals surface area contributed by atoms with Crippen molar-refractivity contribution in [2.45, 2.75) is 43.5 Å². The van der Waals surface area contributed by atoms with Crippen molar-refractivity contribution in [2.75, 3.05) is 13.1 Å². The van der Waals surface area contributed by atoms with Gasteiger partial charge in [0.15, 0.2) is 0 Å². The molecule has 27 heavy (non-hydrogen) atoms. The minimum absolute atomic E-state index is 0.319. The Kier molecular flexibility index (Phi) is 8.22. The SMILES string of the molecule is Cc1ccc(SNC[C@@H](NCCCC2=CCCC=C2)c2ccccc2)cc1. The molecule has 0 spiro atoms. The first-order chi connectivity index (χ1) is 13.3. The van der Waals surface area contributed by atoms with E-state index in [9.17, 15) is 0 Å². The molecule has 0 aromatic heterocycles. The molecular weight excluding hydrogens is 348 g/mol. The fourth-order valence-electron chi connectivity index (χ4n) is 3.23. The summed E-state index contributed by atoms with van der Waals surface area (Å²) < 4.78 is 3.54. The molecule has 0 unspecified atom stereocenters. The van der Waals surface area contributed by atoms with Crippen LogP contribution >= 0.6 is 11.9 Å². The van der Waals surface area contributed by atoms with E-state index in [2.05, 4.69) is 89.8 Å². The monoisotopic (exact) mass is 378 g/mol. The van der Waals surface area contributed by atoms with Crippen molar-refractivity contribution < 1.29 is 0 Å². The maximum Gasteiger partial charge on any atom is 0.0456 e. The van der Waals surface area contributed by atoms with Gasteiger partial charge in [-0.05, 0) is 68.8 Å². The van der Waals surface area contributed by atoms with Crippen LogP contribution in [0, 0.1) is 6.92 Å². The first-order valence-electron chi connectivity index (χ1n) is 9.91. The highest BCUT2D eigenvalue weighted by Crippen LogP contribution is 2.18. The topological polar surface area (TPSA) is 24.1 Å². The molecule has 2 N–H and O–H groups in total. The zero-order chi connectivity index (χ0) is 18.7. The van der Waals surface area contributed by atoms with E-state index in [1.54, 1.807) is 11.9 Å². The minimum atomic E-state index is 0.319. The lowest BCUT2D eigenvalue weighted by Crippen LogP contribution is -2.30. The van der Waals surface area contributed by atoms with Gasteiger partial charge in [0.25, 0.3) is 0 Å². The largest absolute Gasteiger partial charge is 0.309 e. The molecule has 3 rings (SSSR count). The third kappa shape index (κ3) is 7.02. The minimum Gasteiger partial charge on any atom is -0.309 e. The highest BCUT2D eigenvalue weighted by Gasteiger charge is 2.10. The summed E-state index contributed by atoms with van der Waals surface area (Å²) in [5.41, 5.74) is 4.13. The van der Waals surface area contributed by atoms with Crippen molar-refractivity contribution >= 4 is 11.9 Å². The lowest BCUT2D eigenvalue weighted by molar-refractivity contribution is 0.521. The Morgan fingerprint density at radius 3 is 2.56 bits per heavy atom. The van der Waals surface area contributed by atoms with Crippen molar-refractivity contribution in [3.8, 4) is 0 Å². The van der Waals surface area contributed by atoms with Gasteiger partial charge < -0.3 is 5.32 Å². The molecular formula is C24H30N2S. The average molecular weight is 379 g/mol. The Hall–Kier alpha value is -1.81. The van der Waals surface area contributed by atoms with Crippen LogP contribution in [0.25, 0.3) is 0 Å². The molecule has 0 radical (unpaired) electrons. The second-order valence-corrected chi connectivity index (χ2v) is 8.01. The van der Waals surface area contributed by atoms with Crippen LogP contribution in [0.5, 0.6) is 0 Å². The number of benzene rings is 2. The molecule has 0 heterocycles. The zero-order valence-corrected chi connectivity index (χ0v) is 17.0. The summed E-state index contributed by atoms with van der Waals surface area (Å²) in [6.45, 7) is 4.04. The second-order valence-electron chi connectivity index (χ2n) is 7.04. The first-order valence-corrected chi connectivity index (χ1v) is 10.7. The molecule has 0 saturated carbocycles. The molecule has 0 aliphatic heterocycles. The van der Waals surface area contributed by atoms with Crippen LogP contribution in [0.4, 0.5) is 0 Å². The molecule has 0 saturated heterocycles. The summed E-state index contributed by atoms with van der Waals surface area (Å²) in [6.07, 6.45) is 11.7. The van der Waals surface area contributed by atoms with Gasteiger partial charge in [0.05, 0.1) is 0 Å². The normalized spacial score (nSPS) is 14.8. The third-order valence-electron chi connectivity index (χ3n) is 4.81. The lowest BCUT2D eigenvalue weighted by Gasteiger charge is -2.20. The molecule has 2 aromatic carbocycles. The number of allylic oxidation sites excluding steroid dienone is 4. The predicted molar refractivity (Wildman–Crippen MR) is 118 cm³/mol. The van der Waals surface area contributed by atoms with E-state index >= 15 is 0 Å². The van der Waals surface area contributed by atoms with E-state index in [1.165, 1.54) is 40.9 Å². The molecule has 0 bridgehead atoms. The molecule has 1 aliphatic carbocycles. The van der Waals surface area contributed by atoms with Crippen LogP contribution in [0.3, 0.4) is 0 Å². The maximum absolute atomic E-state index is 3.74. The summed E-state index contributed by atoms with van der Waals surface area (Å²) in [6, 6.07) is 19.7. The van der Waals surface area contributed by atoms with Crippen LogP contribution in [-0.2, 0) is 0 Å². The Morgan fingerprint density at radius 1 is 1.00 bits per heavy atom. The Morgan fingerprint density at radius 2 is 1.81 bits per heavy atom. The Labute approximate surface area is 168 Å². The van der Waals surface area contributed by atoms with Crippen molar-refractivity contribution in [2.24, 2.45) is 0 Å². The summed E-state index contributed by atoms with van der Waals surface area (Å²) in [5.74, 6) is 0. The molecule has 3 heteroatoms. The van der Waals surface area contributed by atoms with Crippen LogP contribution < -0.4 is 10.0 Å². The molecule has 142 valence electrons. The maximum atomic E-state index is 3.74. The first kappa shape index (κ1) is 19.9. The van der Waals surface area contributed by atoms with Gasteiger partial charge in [0.1, 0.15) is 0 Å². The van der Waals surface area contributed by atoms with Gasteiger partial charge in [-0.15, -0.1) is 0 Å². The standard InChI is InChI=1S/C24H30N2S/c1-20-14-16-23(17-15-20)27-26-19-24(22-12-6-3-7-13-22)25-18-8-11-21-9-4-2-5-10-21/h3-4,6-7,9-10,12-17,24-26H,2,5,8,11,18-19H2,1H3/t24-/m1/s1. The molecule has 0 amide bonds. The van der Waals surface area contributed by atoms with Crippen molar-refractivity contribution in [3.05, 3.63) is 89.5 Å². The number of rotatable bonds is 10. The van der Waals surface area contributed by atoms with Gasteiger partial charge in [0, 0.05) is 17.5 Å². The van der Waals surface area contributed by atoms with Gasteiger partial charge in [-0.25, -0.2) is 0 Å².